The van der Waals surface area contributed by atoms with Crippen LogP contribution in [0.4, 0.5) is 11.4 Å². The summed E-state index contributed by atoms with van der Waals surface area (Å²) in [6, 6.07) is 27.1. The van der Waals surface area contributed by atoms with Crippen LogP contribution >= 0.6 is 15.9 Å². The van der Waals surface area contributed by atoms with Gasteiger partial charge in [0.2, 0.25) is 0 Å². The van der Waals surface area contributed by atoms with Crippen LogP contribution < -0.4 is 14.2 Å². The van der Waals surface area contributed by atoms with E-state index in [1.165, 1.54) is 28.9 Å². The molecule has 1 N–H and O–H groups in total. The number of aryl methyl sites for hydroxylation is 1. The number of allylic oxidation sites excluding steroid dienone is 2. The average Bonchev–Trinajstić information content (AvgIpc) is 3.49. The van der Waals surface area contributed by atoms with E-state index in [0.717, 1.165) is 23.2 Å². The number of nitrogens with zero attached hydrogens (tertiary/aromatic N) is 1. The van der Waals surface area contributed by atoms with Gasteiger partial charge >= 0.3 is 10.1 Å². The van der Waals surface area contributed by atoms with Crippen molar-refractivity contribution in [3.8, 4) is 11.5 Å². The first-order valence-electron chi connectivity index (χ1n) is 14.0. The van der Waals surface area contributed by atoms with Gasteiger partial charge in [-0.05, 0) is 101 Å². The van der Waals surface area contributed by atoms with E-state index in [-0.39, 0.29) is 16.7 Å². The van der Waals surface area contributed by atoms with Gasteiger partial charge in [0.15, 0.2) is 11.5 Å². The zero-order valence-corrected chi connectivity index (χ0v) is 25.7. The molecule has 0 unspecified atom stereocenters. The zero-order valence-electron chi connectivity index (χ0n) is 23.3. The predicted molar refractivity (Wildman–Crippen MR) is 171 cm³/mol. The lowest BCUT2D eigenvalue weighted by atomic mass is 9.77. The highest BCUT2D eigenvalue weighted by atomic mass is 79.9. The van der Waals surface area contributed by atoms with Gasteiger partial charge in [0, 0.05) is 17.8 Å². The van der Waals surface area contributed by atoms with Crippen LogP contribution in [-0.2, 0) is 10.1 Å². The molecule has 0 saturated carbocycles. The first kappa shape index (κ1) is 28.2. The summed E-state index contributed by atoms with van der Waals surface area (Å²) in [5.41, 5.74) is 6.31. The normalized spacial score (nSPS) is 19.3. The van der Waals surface area contributed by atoms with E-state index in [0.29, 0.717) is 28.7 Å². The van der Waals surface area contributed by atoms with Crippen molar-refractivity contribution in [1.82, 2.24) is 0 Å². The van der Waals surface area contributed by atoms with E-state index in [4.69, 9.17) is 8.92 Å². The van der Waals surface area contributed by atoms with E-state index < -0.39 is 10.1 Å². The molecule has 4 aromatic rings. The van der Waals surface area contributed by atoms with Crippen molar-refractivity contribution in [2.24, 2.45) is 10.9 Å². The van der Waals surface area contributed by atoms with E-state index in [1.807, 2.05) is 26.0 Å². The van der Waals surface area contributed by atoms with Gasteiger partial charge in [-0.3, -0.25) is 4.99 Å². The van der Waals surface area contributed by atoms with Crippen molar-refractivity contribution in [3.63, 3.8) is 0 Å². The molecule has 214 valence electrons. The molecule has 1 aliphatic carbocycles. The van der Waals surface area contributed by atoms with Crippen LogP contribution in [0.15, 0.2) is 111 Å². The molecule has 0 radical (unpaired) electrons. The lowest BCUT2D eigenvalue weighted by Gasteiger charge is -2.37. The minimum absolute atomic E-state index is 0.0730. The van der Waals surface area contributed by atoms with Gasteiger partial charge in [0.25, 0.3) is 0 Å². The Kier molecular flexibility index (Phi) is 7.92. The molecule has 6 nitrogen and oxygen atoms in total. The van der Waals surface area contributed by atoms with E-state index in [9.17, 15) is 8.42 Å². The monoisotopic (exact) mass is 642 g/mol. The predicted octanol–water partition coefficient (Wildman–Crippen LogP) is 8.50. The van der Waals surface area contributed by atoms with Crippen LogP contribution in [0.1, 0.15) is 47.6 Å². The van der Waals surface area contributed by atoms with Crippen LogP contribution in [0.5, 0.6) is 11.5 Å². The standard InChI is InChI=1S/C34H31BrN2O4S/c1-3-40-32-20-23(19-30(35)34(32)41-42(38,39)26-17-11-22(2)12-18-26)21-36-25-15-13-24(14-16-25)33-29-9-6-8-27(29)28-7-4-5-10-31(28)37-33/h4-8,10-21,27,29,33,37H,3,9H2,1-2H3/t27-,29-,33-/m0/s1. The van der Waals surface area contributed by atoms with Gasteiger partial charge in [-0.15, -0.1) is 0 Å². The molecule has 0 amide bonds. The average molecular weight is 644 g/mol. The number of fused-ring (bicyclic) bond motifs is 3. The summed E-state index contributed by atoms with van der Waals surface area (Å²) < 4.78 is 37.6. The van der Waals surface area contributed by atoms with Crippen LogP contribution in [0, 0.1) is 12.8 Å². The summed E-state index contributed by atoms with van der Waals surface area (Å²) in [5.74, 6) is 1.32. The summed E-state index contributed by atoms with van der Waals surface area (Å²) >= 11 is 3.48. The molecule has 3 atom stereocenters. The Morgan fingerprint density at radius 3 is 2.55 bits per heavy atom. The summed E-state index contributed by atoms with van der Waals surface area (Å²) in [6.07, 6.45) is 7.43. The fraction of sp³-hybridized carbons (Fsp3) is 0.206. The molecule has 0 aromatic heterocycles. The van der Waals surface area contributed by atoms with E-state index >= 15 is 0 Å². The second-order valence-corrected chi connectivity index (χ2v) is 12.9. The highest BCUT2D eigenvalue weighted by Gasteiger charge is 2.37. The Morgan fingerprint density at radius 2 is 1.79 bits per heavy atom. The fourth-order valence-electron chi connectivity index (χ4n) is 5.66. The van der Waals surface area contributed by atoms with Crippen LogP contribution in [-0.4, -0.2) is 21.2 Å². The molecule has 2 aliphatic rings. The fourth-order valence-corrected chi connectivity index (χ4v) is 7.26. The Bertz CT molecular complexity index is 1770. The van der Waals surface area contributed by atoms with Gasteiger partial charge in [-0.25, -0.2) is 0 Å². The summed E-state index contributed by atoms with van der Waals surface area (Å²) in [7, 11) is -4.05. The van der Waals surface area contributed by atoms with Crippen molar-refractivity contribution >= 4 is 43.6 Å². The third kappa shape index (κ3) is 5.74. The highest BCUT2D eigenvalue weighted by molar-refractivity contribution is 9.10. The van der Waals surface area contributed by atoms with Crippen molar-refractivity contribution in [3.05, 3.63) is 124 Å². The molecule has 42 heavy (non-hydrogen) atoms. The molecule has 8 heteroatoms. The molecule has 1 heterocycles. The van der Waals surface area contributed by atoms with Crippen molar-refractivity contribution in [1.29, 1.82) is 0 Å². The van der Waals surface area contributed by atoms with Crippen LogP contribution in [0.25, 0.3) is 0 Å². The third-order valence-corrected chi connectivity index (χ3v) is 9.55. The molecule has 0 spiro atoms. The Hall–Kier alpha value is -3.88. The van der Waals surface area contributed by atoms with E-state index in [2.05, 4.69) is 74.8 Å². The number of nitrogens with one attached hydrogen (secondary N) is 1. The van der Waals surface area contributed by atoms with Crippen LogP contribution in [0.3, 0.4) is 0 Å². The Balaban J connectivity index is 1.21. The van der Waals surface area contributed by atoms with Crippen molar-refractivity contribution in [2.45, 2.75) is 37.1 Å². The largest absolute Gasteiger partial charge is 0.490 e. The number of hydrogen-bond donors (Lipinski definition) is 1. The molecule has 0 fully saturated rings. The Labute approximate surface area is 255 Å². The molecule has 0 bridgehead atoms. The number of ether oxygens (including phenoxy) is 1. The maximum absolute atomic E-state index is 12.9. The smallest absolute Gasteiger partial charge is 0.339 e. The highest BCUT2D eigenvalue weighted by Crippen LogP contribution is 2.49. The van der Waals surface area contributed by atoms with Crippen molar-refractivity contribution in [2.75, 3.05) is 11.9 Å². The van der Waals surface area contributed by atoms with Gasteiger partial charge in [0.1, 0.15) is 4.90 Å². The maximum atomic E-state index is 12.9. The number of rotatable bonds is 8. The lowest BCUT2D eigenvalue weighted by Crippen LogP contribution is -2.28. The number of para-hydroxylation sites is 1. The number of anilines is 1. The number of aliphatic imine (C=N–C) groups is 1. The third-order valence-electron chi connectivity index (χ3n) is 7.72. The quantitative estimate of drug-likeness (QED) is 0.118. The molecule has 0 saturated heterocycles. The van der Waals surface area contributed by atoms with Gasteiger partial charge < -0.3 is 14.2 Å². The summed E-state index contributed by atoms with van der Waals surface area (Å²) in [6.45, 7) is 4.07. The molecular formula is C34H31BrN2O4S. The van der Waals surface area contributed by atoms with Crippen LogP contribution in [0.2, 0.25) is 0 Å². The second kappa shape index (κ2) is 11.8. The number of hydrogen-bond acceptors (Lipinski definition) is 6. The first-order chi connectivity index (χ1) is 20.3. The topological polar surface area (TPSA) is 77.0 Å². The maximum Gasteiger partial charge on any atom is 0.339 e. The Morgan fingerprint density at radius 1 is 1.02 bits per heavy atom. The SMILES string of the molecule is CCOc1cc(C=Nc2ccc([C@@H]3Nc4ccccc4[C@@H]4C=CC[C@@H]43)cc2)cc(Br)c1OS(=O)(=O)c1ccc(C)cc1. The number of halogens is 1. The molecular weight excluding hydrogens is 612 g/mol. The van der Waals surface area contributed by atoms with Gasteiger partial charge in [-0.1, -0.05) is 60.2 Å². The lowest BCUT2D eigenvalue weighted by molar-refractivity contribution is 0.327. The van der Waals surface area contributed by atoms with Gasteiger partial charge in [0.05, 0.1) is 22.8 Å². The molecule has 4 aromatic carbocycles. The minimum atomic E-state index is -4.05. The summed E-state index contributed by atoms with van der Waals surface area (Å²) in [4.78, 5) is 4.75. The minimum Gasteiger partial charge on any atom is -0.490 e. The first-order valence-corrected chi connectivity index (χ1v) is 16.2. The number of benzene rings is 4. The molecule has 6 rings (SSSR count). The second-order valence-electron chi connectivity index (χ2n) is 10.5. The molecule has 1 aliphatic heterocycles. The zero-order chi connectivity index (χ0) is 29.3. The van der Waals surface area contributed by atoms with Gasteiger partial charge in [-0.2, -0.15) is 8.42 Å². The summed E-state index contributed by atoms with van der Waals surface area (Å²) in [5, 5.41) is 3.77. The van der Waals surface area contributed by atoms with E-state index in [1.54, 1.807) is 30.5 Å². The van der Waals surface area contributed by atoms with Crippen molar-refractivity contribution < 1.29 is 17.3 Å².